The number of guanidine groups is 1. The highest BCUT2D eigenvalue weighted by Gasteiger charge is 2.25. The Morgan fingerprint density at radius 3 is 2.61 bits per heavy atom. The van der Waals surface area contributed by atoms with Gasteiger partial charge in [-0.1, -0.05) is 36.4 Å². The molecule has 1 amide bonds. The third-order valence-corrected chi connectivity index (χ3v) is 5.17. The zero-order valence-electron chi connectivity index (χ0n) is 18.6. The molecule has 1 aliphatic rings. The summed E-state index contributed by atoms with van der Waals surface area (Å²) >= 11 is 0. The first-order valence-corrected chi connectivity index (χ1v) is 10.6. The normalized spacial score (nSPS) is 16.4. The summed E-state index contributed by atoms with van der Waals surface area (Å²) in [4.78, 5) is 18.3. The second-order valence-electron chi connectivity index (χ2n) is 7.53. The highest BCUT2D eigenvalue weighted by Crippen LogP contribution is 2.25. The third kappa shape index (κ3) is 7.50. The summed E-state index contributed by atoms with van der Waals surface area (Å²) in [5, 5.41) is 6.22. The fraction of sp³-hybridized carbons (Fsp3) is 0.417. The fourth-order valence-corrected chi connectivity index (χ4v) is 3.65. The number of ether oxygens (including phenoxy) is 1. The summed E-state index contributed by atoms with van der Waals surface area (Å²) in [7, 11) is 0. The maximum absolute atomic E-state index is 11.1. The number of hydrogen-bond acceptors (Lipinski definition) is 3. The van der Waals surface area contributed by atoms with E-state index in [0.717, 1.165) is 37.7 Å². The number of rotatable bonds is 6. The van der Waals surface area contributed by atoms with Crippen molar-refractivity contribution >= 4 is 41.5 Å². The van der Waals surface area contributed by atoms with Gasteiger partial charge in [-0.3, -0.25) is 9.79 Å². The van der Waals surface area contributed by atoms with Crippen molar-refractivity contribution in [1.29, 1.82) is 0 Å². The van der Waals surface area contributed by atoms with Gasteiger partial charge in [-0.2, -0.15) is 0 Å². The first-order chi connectivity index (χ1) is 14.6. The van der Waals surface area contributed by atoms with Gasteiger partial charge < -0.3 is 20.3 Å². The van der Waals surface area contributed by atoms with Gasteiger partial charge in [0.05, 0.1) is 13.2 Å². The van der Waals surface area contributed by atoms with Crippen LogP contribution in [0, 0.1) is 6.92 Å². The smallest absolute Gasteiger partial charge is 0.221 e. The van der Waals surface area contributed by atoms with E-state index in [1.165, 1.54) is 23.6 Å². The first-order valence-electron chi connectivity index (χ1n) is 10.6. The molecule has 168 valence electrons. The van der Waals surface area contributed by atoms with Crippen molar-refractivity contribution in [3.05, 3.63) is 65.2 Å². The molecule has 1 heterocycles. The van der Waals surface area contributed by atoms with Crippen LogP contribution in [0.1, 0.15) is 36.6 Å². The van der Waals surface area contributed by atoms with Crippen LogP contribution in [0.25, 0.3) is 0 Å². The molecule has 0 bridgehead atoms. The number of carbonyl (C=O) groups excluding carboxylic acids is 1. The number of amides is 1. The highest BCUT2D eigenvalue weighted by atomic mass is 127. The maximum atomic E-state index is 11.1. The molecule has 0 saturated carbocycles. The van der Waals surface area contributed by atoms with Gasteiger partial charge in [-0.15, -0.1) is 24.0 Å². The van der Waals surface area contributed by atoms with Crippen molar-refractivity contribution in [2.24, 2.45) is 4.99 Å². The van der Waals surface area contributed by atoms with E-state index in [4.69, 9.17) is 9.73 Å². The molecule has 0 radical (unpaired) electrons. The average molecular weight is 536 g/mol. The lowest BCUT2D eigenvalue weighted by atomic mass is 10.0. The minimum absolute atomic E-state index is 0. The van der Waals surface area contributed by atoms with Crippen LogP contribution in [0.4, 0.5) is 5.69 Å². The number of morpholine rings is 1. The summed E-state index contributed by atoms with van der Waals surface area (Å²) in [6.45, 7) is 9.59. The Balaban J connectivity index is 0.00000341. The monoisotopic (exact) mass is 536 g/mol. The molecule has 0 spiro atoms. The quantitative estimate of drug-likeness (QED) is 0.331. The van der Waals surface area contributed by atoms with Gasteiger partial charge in [0.1, 0.15) is 6.10 Å². The van der Waals surface area contributed by atoms with Gasteiger partial charge in [0.2, 0.25) is 5.91 Å². The van der Waals surface area contributed by atoms with Gasteiger partial charge >= 0.3 is 0 Å². The molecule has 1 fully saturated rings. The number of halogens is 1. The van der Waals surface area contributed by atoms with Gasteiger partial charge in [0, 0.05) is 32.2 Å². The SMILES string of the molecule is CCNC(=NCCc1ccc(NC(C)=O)cc1)N1CCOC(c2ccccc2C)C1.I. The fourth-order valence-electron chi connectivity index (χ4n) is 3.65. The Labute approximate surface area is 202 Å². The third-order valence-electron chi connectivity index (χ3n) is 5.17. The largest absolute Gasteiger partial charge is 0.370 e. The van der Waals surface area contributed by atoms with Crippen LogP contribution in [0.2, 0.25) is 0 Å². The van der Waals surface area contributed by atoms with Crippen LogP contribution in [0.3, 0.4) is 0 Å². The molecular formula is C24H33IN4O2. The summed E-state index contributed by atoms with van der Waals surface area (Å²) in [6.07, 6.45) is 0.908. The van der Waals surface area contributed by atoms with Crippen molar-refractivity contribution in [1.82, 2.24) is 10.2 Å². The van der Waals surface area contributed by atoms with Crippen molar-refractivity contribution in [2.45, 2.75) is 33.3 Å². The summed E-state index contributed by atoms with van der Waals surface area (Å²) in [5.74, 6) is 0.881. The molecule has 1 aliphatic heterocycles. The Morgan fingerprint density at radius 1 is 1.19 bits per heavy atom. The Hall–Kier alpha value is -2.13. The molecule has 1 saturated heterocycles. The van der Waals surface area contributed by atoms with E-state index in [1.54, 1.807) is 0 Å². The van der Waals surface area contributed by atoms with Crippen molar-refractivity contribution in [3.8, 4) is 0 Å². The van der Waals surface area contributed by atoms with Gasteiger partial charge in [0.25, 0.3) is 0 Å². The Kier molecular flexibility index (Phi) is 10.3. The first kappa shape index (κ1) is 25.1. The number of nitrogens with zero attached hydrogens (tertiary/aromatic N) is 2. The number of carbonyl (C=O) groups is 1. The van der Waals surface area contributed by atoms with Crippen molar-refractivity contribution < 1.29 is 9.53 Å². The molecule has 7 heteroatoms. The van der Waals surface area contributed by atoms with E-state index in [2.05, 4.69) is 53.6 Å². The van der Waals surface area contributed by atoms with Crippen LogP contribution < -0.4 is 10.6 Å². The summed E-state index contributed by atoms with van der Waals surface area (Å²) < 4.78 is 6.06. The van der Waals surface area contributed by atoms with Crippen LogP contribution in [0.15, 0.2) is 53.5 Å². The van der Waals surface area contributed by atoms with E-state index in [0.29, 0.717) is 13.2 Å². The minimum Gasteiger partial charge on any atom is -0.370 e. The molecule has 2 aromatic carbocycles. The van der Waals surface area contributed by atoms with E-state index in [-0.39, 0.29) is 36.0 Å². The van der Waals surface area contributed by atoms with Gasteiger partial charge in [0.15, 0.2) is 5.96 Å². The van der Waals surface area contributed by atoms with Crippen LogP contribution in [-0.4, -0.2) is 49.6 Å². The molecule has 0 aliphatic carbocycles. The lowest BCUT2D eigenvalue weighted by Crippen LogP contribution is -2.48. The van der Waals surface area contributed by atoms with E-state index in [1.807, 2.05) is 24.3 Å². The number of benzene rings is 2. The molecular weight excluding hydrogens is 503 g/mol. The van der Waals surface area contributed by atoms with Crippen molar-refractivity contribution in [3.63, 3.8) is 0 Å². The predicted molar refractivity (Wildman–Crippen MR) is 137 cm³/mol. The second-order valence-corrected chi connectivity index (χ2v) is 7.53. The molecule has 0 aromatic heterocycles. The zero-order chi connectivity index (χ0) is 21.3. The highest BCUT2D eigenvalue weighted by molar-refractivity contribution is 14.0. The second kappa shape index (κ2) is 12.7. The standard InChI is InChI=1S/C24H32N4O2.HI/c1-4-25-24(26-14-13-20-9-11-21(12-10-20)27-19(3)29)28-15-16-30-23(17-28)22-8-6-5-7-18(22)2;/h5-12,23H,4,13-17H2,1-3H3,(H,25,26)(H,27,29);1H. The van der Waals surface area contributed by atoms with Crippen LogP contribution in [-0.2, 0) is 16.0 Å². The number of hydrogen-bond donors (Lipinski definition) is 2. The number of aliphatic imine (C=N–C) groups is 1. The predicted octanol–water partition coefficient (Wildman–Crippen LogP) is 4.15. The average Bonchev–Trinajstić information content (AvgIpc) is 2.74. The number of aryl methyl sites for hydroxylation is 1. The number of anilines is 1. The molecule has 1 unspecified atom stereocenters. The van der Waals surface area contributed by atoms with Gasteiger partial charge in [-0.25, -0.2) is 0 Å². The van der Waals surface area contributed by atoms with Crippen LogP contribution >= 0.6 is 24.0 Å². The van der Waals surface area contributed by atoms with E-state index < -0.39 is 0 Å². The summed E-state index contributed by atoms with van der Waals surface area (Å²) in [5.41, 5.74) is 4.52. The minimum atomic E-state index is -0.0582. The topological polar surface area (TPSA) is 66.0 Å². The lowest BCUT2D eigenvalue weighted by molar-refractivity contribution is -0.114. The maximum Gasteiger partial charge on any atom is 0.221 e. The van der Waals surface area contributed by atoms with Crippen LogP contribution in [0.5, 0.6) is 0 Å². The van der Waals surface area contributed by atoms with Gasteiger partial charge in [-0.05, 0) is 49.1 Å². The Morgan fingerprint density at radius 2 is 1.94 bits per heavy atom. The molecule has 2 aromatic rings. The lowest BCUT2D eigenvalue weighted by Gasteiger charge is -2.35. The van der Waals surface area contributed by atoms with E-state index >= 15 is 0 Å². The Bertz CT molecular complexity index is 870. The zero-order valence-corrected chi connectivity index (χ0v) is 20.9. The molecule has 31 heavy (non-hydrogen) atoms. The molecule has 2 N–H and O–H groups in total. The molecule has 3 rings (SSSR count). The molecule has 1 atom stereocenters. The van der Waals surface area contributed by atoms with E-state index in [9.17, 15) is 4.79 Å². The number of nitrogens with one attached hydrogen (secondary N) is 2. The summed E-state index contributed by atoms with van der Waals surface area (Å²) in [6, 6.07) is 16.4. The van der Waals surface area contributed by atoms with Crippen molar-refractivity contribution in [2.75, 3.05) is 38.1 Å². The molecule has 6 nitrogen and oxygen atoms in total.